The van der Waals surface area contributed by atoms with Crippen molar-refractivity contribution in [1.82, 2.24) is 14.9 Å². The van der Waals surface area contributed by atoms with Crippen molar-refractivity contribution < 1.29 is 4.42 Å². The van der Waals surface area contributed by atoms with E-state index in [1.807, 2.05) is 12.1 Å². The molecule has 1 fully saturated rings. The van der Waals surface area contributed by atoms with Crippen LogP contribution in [0, 0.1) is 0 Å². The Bertz CT molecular complexity index is 994. The van der Waals surface area contributed by atoms with Crippen LogP contribution in [0.15, 0.2) is 62.0 Å². The van der Waals surface area contributed by atoms with Crippen LogP contribution in [0.2, 0.25) is 5.02 Å². The van der Waals surface area contributed by atoms with E-state index < -0.39 is 0 Å². The third-order valence-electron chi connectivity index (χ3n) is 5.11. The van der Waals surface area contributed by atoms with Crippen LogP contribution >= 0.6 is 33.8 Å². The van der Waals surface area contributed by atoms with Gasteiger partial charge in [0, 0.05) is 22.6 Å². The third kappa shape index (κ3) is 4.94. The molecule has 0 aliphatic carbocycles. The van der Waals surface area contributed by atoms with Gasteiger partial charge in [-0.1, -0.05) is 29.6 Å². The van der Waals surface area contributed by atoms with Crippen LogP contribution in [0.5, 0.6) is 0 Å². The maximum atomic E-state index is 6.31. The van der Waals surface area contributed by atoms with E-state index in [2.05, 4.69) is 53.3 Å². The molecule has 1 aliphatic rings. The maximum Gasteiger partial charge on any atom is 0.199 e. The largest absolute Gasteiger partial charge is 0.433 e. The molecule has 0 spiro atoms. The lowest BCUT2D eigenvalue weighted by Gasteiger charge is -2.26. The van der Waals surface area contributed by atoms with E-state index in [9.17, 15) is 0 Å². The number of aromatic nitrogens is 2. The average Bonchev–Trinajstić information content (AvgIpc) is 3.14. The van der Waals surface area contributed by atoms with Gasteiger partial charge in [0.05, 0.1) is 5.02 Å². The van der Waals surface area contributed by atoms with Gasteiger partial charge in [-0.25, -0.2) is 9.97 Å². The van der Waals surface area contributed by atoms with Gasteiger partial charge in [-0.2, -0.15) is 10.5 Å². The SMILES string of the molecule is C=S(C)c1ccc(-c2nc(C3CCN(C)CC3)oc2Sc2ccc(Cl)cn2)cc1. The highest BCUT2D eigenvalue weighted by atomic mass is 35.5. The highest BCUT2D eigenvalue weighted by Crippen LogP contribution is 2.39. The van der Waals surface area contributed by atoms with Crippen LogP contribution in [0.4, 0.5) is 0 Å². The van der Waals surface area contributed by atoms with Gasteiger partial charge in [-0.3, -0.25) is 0 Å². The molecule has 0 saturated carbocycles. The predicted octanol–water partition coefficient (Wildman–Crippen LogP) is 6.04. The molecule has 2 aromatic heterocycles. The lowest BCUT2D eigenvalue weighted by atomic mass is 9.97. The van der Waals surface area contributed by atoms with Crippen molar-refractivity contribution in [1.29, 1.82) is 0 Å². The summed E-state index contributed by atoms with van der Waals surface area (Å²) in [4.78, 5) is 12.9. The molecule has 1 atom stereocenters. The molecule has 0 bridgehead atoms. The highest BCUT2D eigenvalue weighted by molar-refractivity contribution is 8.13. The molecule has 1 unspecified atom stereocenters. The Balaban J connectivity index is 1.68. The molecule has 152 valence electrons. The first kappa shape index (κ1) is 20.7. The standard InChI is InChI=1S/C22H24ClN3OS2/c1-26-12-10-16(11-13-26)21-25-20(15-4-7-18(8-5-15)29(2)3)22(27-21)28-19-9-6-17(23)14-24-19/h4-9,14,16H,2,10-13H2,1,3H3. The molecule has 7 heteroatoms. The van der Waals surface area contributed by atoms with Crippen molar-refractivity contribution in [2.45, 2.75) is 33.8 Å². The van der Waals surface area contributed by atoms with E-state index in [1.54, 1.807) is 6.20 Å². The van der Waals surface area contributed by atoms with Crippen molar-refractivity contribution in [3.63, 3.8) is 0 Å². The molecule has 4 rings (SSSR count). The van der Waals surface area contributed by atoms with Crippen molar-refractivity contribution in [2.24, 2.45) is 0 Å². The van der Waals surface area contributed by atoms with Crippen LogP contribution in [0.25, 0.3) is 11.3 Å². The maximum absolute atomic E-state index is 6.31. The number of pyridine rings is 1. The number of halogens is 1. The molecular weight excluding hydrogens is 422 g/mol. The van der Waals surface area contributed by atoms with Gasteiger partial charge in [0.1, 0.15) is 10.7 Å². The number of likely N-dealkylation sites (tertiary alicyclic amines) is 1. The van der Waals surface area contributed by atoms with Crippen LogP contribution < -0.4 is 0 Å². The molecule has 1 aromatic carbocycles. The van der Waals surface area contributed by atoms with Gasteiger partial charge < -0.3 is 9.32 Å². The second-order valence-corrected chi connectivity index (χ2v) is 10.5. The summed E-state index contributed by atoms with van der Waals surface area (Å²) in [6.07, 6.45) is 5.91. The zero-order chi connectivity index (χ0) is 20.4. The third-order valence-corrected chi connectivity index (χ3v) is 7.32. The molecule has 1 aliphatic heterocycles. The van der Waals surface area contributed by atoms with Gasteiger partial charge >= 0.3 is 0 Å². The average molecular weight is 446 g/mol. The van der Waals surface area contributed by atoms with Crippen molar-refractivity contribution in [3.8, 4) is 11.3 Å². The van der Waals surface area contributed by atoms with Gasteiger partial charge in [0.25, 0.3) is 0 Å². The fourth-order valence-electron chi connectivity index (χ4n) is 3.37. The van der Waals surface area contributed by atoms with Crippen molar-refractivity contribution in [3.05, 3.63) is 53.5 Å². The number of piperidine rings is 1. The molecule has 29 heavy (non-hydrogen) atoms. The smallest absolute Gasteiger partial charge is 0.199 e. The van der Waals surface area contributed by atoms with Crippen LogP contribution in [-0.4, -0.2) is 47.1 Å². The quantitative estimate of drug-likeness (QED) is 0.448. The highest BCUT2D eigenvalue weighted by Gasteiger charge is 2.26. The zero-order valence-corrected chi connectivity index (χ0v) is 19.0. The minimum absolute atomic E-state index is 0.0110. The summed E-state index contributed by atoms with van der Waals surface area (Å²) < 4.78 is 6.31. The van der Waals surface area contributed by atoms with E-state index in [4.69, 9.17) is 21.0 Å². The van der Waals surface area contributed by atoms with E-state index >= 15 is 0 Å². The first-order chi connectivity index (χ1) is 14.0. The Morgan fingerprint density at radius 3 is 2.52 bits per heavy atom. The summed E-state index contributed by atoms with van der Waals surface area (Å²) in [5, 5.41) is 2.25. The first-order valence-corrected chi connectivity index (χ1v) is 12.5. The summed E-state index contributed by atoms with van der Waals surface area (Å²) >= 11 is 7.48. The Hall–Kier alpha value is -1.60. The van der Waals surface area contributed by atoms with Gasteiger partial charge in [0.2, 0.25) is 0 Å². The number of hydrogen-bond donors (Lipinski definition) is 0. The summed E-state index contributed by atoms with van der Waals surface area (Å²) in [6.45, 7) is 2.14. The summed E-state index contributed by atoms with van der Waals surface area (Å²) in [5.74, 6) is 5.32. The monoisotopic (exact) mass is 445 g/mol. The zero-order valence-electron chi connectivity index (χ0n) is 16.6. The van der Waals surface area contributed by atoms with E-state index in [-0.39, 0.29) is 10.5 Å². The topological polar surface area (TPSA) is 42.2 Å². The lowest BCUT2D eigenvalue weighted by molar-refractivity contribution is 0.232. The number of nitrogens with zero attached hydrogens (tertiary/aromatic N) is 3. The molecule has 3 heterocycles. The number of rotatable bonds is 5. The molecule has 0 N–H and O–H groups in total. The number of oxazole rings is 1. The normalized spacial score (nSPS) is 16.8. The van der Waals surface area contributed by atoms with E-state index in [1.165, 1.54) is 16.7 Å². The molecule has 0 radical (unpaired) electrons. The van der Waals surface area contributed by atoms with Gasteiger partial charge in [-0.05, 0) is 75.3 Å². The molecule has 3 aromatic rings. The number of hydrogen-bond acceptors (Lipinski definition) is 5. The fraction of sp³-hybridized carbons (Fsp3) is 0.318. The summed E-state index contributed by atoms with van der Waals surface area (Å²) in [6, 6.07) is 12.2. The second kappa shape index (κ2) is 9.04. The molecule has 1 saturated heterocycles. The molecule has 0 amide bonds. The Kier molecular flexibility index (Phi) is 6.44. The first-order valence-electron chi connectivity index (χ1n) is 9.54. The Morgan fingerprint density at radius 1 is 1.17 bits per heavy atom. The van der Waals surface area contributed by atoms with Crippen LogP contribution in [0.1, 0.15) is 24.7 Å². The Labute approximate surface area is 183 Å². The number of benzene rings is 1. The fourth-order valence-corrected chi connectivity index (χ4v) is 4.90. The van der Waals surface area contributed by atoms with Crippen molar-refractivity contribution in [2.75, 3.05) is 26.4 Å². The molecule has 4 nitrogen and oxygen atoms in total. The van der Waals surface area contributed by atoms with Crippen LogP contribution in [-0.2, 0) is 0 Å². The van der Waals surface area contributed by atoms with Crippen molar-refractivity contribution >= 4 is 39.7 Å². The minimum atomic E-state index is -0.0110. The summed E-state index contributed by atoms with van der Waals surface area (Å²) in [5.41, 5.74) is 1.94. The summed E-state index contributed by atoms with van der Waals surface area (Å²) in [7, 11) is 2.15. The predicted molar refractivity (Wildman–Crippen MR) is 124 cm³/mol. The minimum Gasteiger partial charge on any atom is -0.433 e. The van der Waals surface area contributed by atoms with E-state index in [0.717, 1.165) is 53.2 Å². The lowest BCUT2D eigenvalue weighted by Crippen LogP contribution is -2.29. The van der Waals surface area contributed by atoms with Gasteiger partial charge in [0.15, 0.2) is 11.0 Å². The van der Waals surface area contributed by atoms with E-state index in [0.29, 0.717) is 10.9 Å². The Morgan fingerprint density at radius 2 is 1.90 bits per heavy atom. The second-order valence-electron chi connectivity index (χ2n) is 7.34. The van der Waals surface area contributed by atoms with Crippen LogP contribution in [0.3, 0.4) is 0 Å². The van der Waals surface area contributed by atoms with Gasteiger partial charge in [-0.15, -0.1) is 0 Å². The molecular formula is C22H24ClN3OS2.